The van der Waals surface area contributed by atoms with Gasteiger partial charge in [-0.3, -0.25) is 0 Å². The third-order valence-electron chi connectivity index (χ3n) is 2.77. The summed E-state index contributed by atoms with van der Waals surface area (Å²) in [6.07, 6.45) is 0.261. The molecule has 20 heavy (non-hydrogen) atoms. The second kappa shape index (κ2) is 5.64. The summed E-state index contributed by atoms with van der Waals surface area (Å²) in [5.74, 6) is -0.797. The average Bonchev–Trinajstić information content (AvgIpc) is 2.74. The molecule has 5 nitrogen and oxygen atoms in total. The van der Waals surface area contributed by atoms with E-state index in [1.807, 2.05) is 0 Å². The zero-order chi connectivity index (χ0) is 14.8. The van der Waals surface area contributed by atoms with E-state index in [1.165, 1.54) is 12.1 Å². The maximum absolute atomic E-state index is 13.1. The van der Waals surface area contributed by atoms with Crippen molar-refractivity contribution >= 4 is 0 Å². The summed E-state index contributed by atoms with van der Waals surface area (Å²) in [5.41, 5.74) is 4.67. The molecule has 1 unspecified atom stereocenters. The van der Waals surface area contributed by atoms with Crippen molar-refractivity contribution in [3.8, 4) is 0 Å². The molecule has 0 aliphatic rings. The standard InChI is InChI=1S/C13H15F2N3O2/c1-13(19,7-16)6-12-17-11(18-20-12)4-8-2-9(14)5-10(15)3-8/h2-3,5,19H,4,6-7,16H2,1H3. The summed E-state index contributed by atoms with van der Waals surface area (Å²) >= 11 is 0. The lowest BCUT2D eigenvalue weighted by atomic mass is 10.0. The molecule has 7 heteroatoms. The van der Waals surface area contributed by atoms with E-state index in [-0.39, 0.29) is 31.1 Å². The van der Waals surface area contributed by atoms with Crippen molar-refractivity contribution < 1.29 is 18.4 Å². The van der Waals surface area contributed by atoms with E-state index in [0.717, 1.165) is 6.07 Å². The Labute approximate surface area is 114 Å². The molecule has 0 aliphatic carbocycles. The maximum Gasteiger partial charge on any atom is 0.229 e. The minimum Gasteiger partial charge on any atom is -0.388 e. The van der Waals surface area contributed by atoms with Gasteiger partial charge in [0.15, 0.2) is 5.82 Å². The first kappa shape index (κ1) is 14.5. The number of nitrogens with zero attached hydrogens (tertiary/aromatic N) is 2. The van der Waals surface area contributed by atoms with Gasteiger partial charge in [0.2, 0.25) is 5.89 Å². The molecule has 0 saturated heterocycles. The first-order valence-corrected chi connectivity index (χ1v) is 6.07. The van der Waals surface area contributed by atoms with Crippen molar-refractivity contribution in [1.82, 2.24) is 10.1 Å². The van der Waals surface area contributed by atoms with E-state index >= 15 is 0 Å². The molecule has 0 bridgehead atoms. The summed E-state index contributed by atoms with van der Waals surface area (Å²) < 4.78 is 31.1. The Morgan fingerprint density at radius 3 is 2.55 bits per heavy atom. The van der Waals surface area contributed by atoms with Crippen molar-refractivity contribution in [3.63, 3.8) is 0 Å². The Hall–Kier alpha value is -1.86. The molecule has 0 saturated carbocycles. The van der Waals surface area contributed by atoms with Crippen molar-refractivity contribution in [2.75, 3.05) is 6.54 Å². The molecule has 0 aliphatic heterocycles. The molecule has 108 valence electrons. The van der Waals surface area contributed by atoms with Crippen LogP contribution in [0, 0.1) is 11.6 Å². The number of nitrogens with two attached hydrogens (primary N) is 1. The van der Waals surface area contributed by atoms with Crippen molar-refractivity contribution in [2.24, 2.45) is 5.73 Å². The van der Waals surface area contributed by atoms with Gasteiger partial charge < -0.3 is 15.4 Å². The second-order valence-corrected chi connectivity index (χ2v) is 4.94. The van der Waals surface area contributed by atoms with Crippen molar-refractivity contribution in [3.05, 3.63) is 47.1 Å². The summed E-state index contributed by atoms with van der Waals surface area (Å²) in [4.78, 5) is 4.06. The quantitative estimate of drug-likeness (QED) is 0.861. The third kappa shape index (κ3) is 3.82. The Balaban J connectivity index is 2.09. The van der Waals surface area contributed by atoms with Crippen LogP contribution in [-0.2, 0) is 12.8 Å². The van der Waals surface area contributed by atoms with Gasteiger partial charge in [0.05, 0.1) is 12.0 Å². The lowest BCUT2D eigenvalue weighted by Gasteiger charge is -2.17. The van der Waals surface area contributed by atoms with Gasteiger partial charge in [-0.25, -0.2) is 8.78 Å². The summed E-state index contributed by atoms with van der Waals surface area (Å²) in [5, 5.41) is 13.5. The summed E-state index contributed by atoms with van der Waals surface area (Å²) in [7, 11) is 0. The number of aliphatic hydroxyl groups is 1. The third-order valence-corrected chi connectivity index (χ3v) is 2.77. The molecule has 0 amide bonds. The van der Waals surface area contributed by atoms with Gasteiger partial charge in [-0.15, -0.1) is 0 Å². The van der Waals surface area contributed by atoms with Gasteiger partial charge in [0.25, 0.3) is 0 Å². The highest BCUT2D eigenvalue weighted by molar-refractivity contribution is 5.21. The highest BCUT2D eigenvalue weighted by Gasteiger charge is 2.22. The number of halogens is 2. The highest BCUT2D eigenvalue weighted by atomic mass is 19.1. The Morgan fingerprint density at radius 2 is 1.95 bits per heavy atom. The van der Waals surface area contributed by atoms with E-state index < -0.39 is 17.2 Å². The number of hydrogen-bond acceptors (Lipinski definition) is 5. The van der Waals surface area contributed by atoms with E-state index in [9.17, 15) is 13.9 Å². The van der Waals surface area contributed by atoms with Gasteiger partial charge in [0.1, 0.15) is 11.6 Å². The van der Waals surface area contributed by atoms with Gasteiger partial charge in [-0.2, -0.15) is 4.98 Å². The summed E-state index contributed by atoms with van der Waals surface area (Å²) in [6, 6.07) is 3.20. The number of benzene rings is 1. The van der Waals surface area contributed by atoms with Crippen LogP contribution in [0.15, 0.2) is 22.7 Å². The topological polar surface area (TPSA) is 85.2 Å². The van der Waals surface area contributed by atoms with Gasteiger partial charge in [0, 0.05) is 19.0 Å². The van der Waals surface area contributed by atoms with Gasteiger partial charge in [-0.05, 0) is 24.6 Å². The zero-order valence-corrected chi connectivity index (χ0v) is 10.9. The van der Waals surface area contributed by atoms with E-state index in [2.05, 4.69) is 10.1 Å². The normalized spacial score (nSPS) is 14.2. The van der Waals surface area contributed by atoms with Crippen LogP contribution >= 0.6 is 0 Å². The first-order chi connectivity index (χ1) is 9.38. The highest BCUT2D eigenvalue weighted by Crippen LogP contribution is 2.14. The minimum atomic E-state index is -1.13. The molecule has 0 fully saturated rings. The monoisotopic (exact) mass is 283 g/mol. The second-order valence-electron chi connectivity index (χ2n) is 4.94. The number of hydrogen-bond donors (Lipinski definition) is 2. The molecule has 1 aromatic carbocycles. The fraction of sp³-hybridized carbons (Fsp3) is 0.385. The van der Waals surface area contributed by atoms with E-state index in [0.29, 0.717) is 5.56 Å². The van der Waals surface area contributed by atoms with Crippen LogP contribution in [0.1, 0.15) is 24.2 Å². The molecule has 0 spiro atoms. The molecule has 2 aromatic rings. The van der Waals surface area contributed by atoms with Crippen LogP contribution in [-0.4, -0.2) is 27.4 Å². The molecule has 1 aromatic heterocycles. The maximum atomic E-state index is 13.1. The number of rotatable bonds is 5. The predicted molar refractivity (Wildman–Crippen MR) is 66.8 cm³/mol. The Morgan fingerprint density at radius 1 is 1.30 bits per heavy atom. The fourth-order valence-electron chi connectivity index (χ4n) is 1.73. The molecule has 3 N–H and O–H groups in total. The minimum absolute atomic E-state index is 0.0554. The Kier molecular flexibility index (Phi) is 4.10. The molecule has 0 radical (unpaired) electrons. The van der Waals surface area contributed by atoms with Crippen molar-refractivity contribution in [1.29, 1.82) is 0 Å². The Bertz CT molecular complexity index is 579. The van der Waals surface area contributed by atoms with E-state index in [1.54, 1.807) is 6.92 Å². The van der Waals surface area contributed by atoms with Crippen LogP contribution in [0.5, 0.6) is 0 Å². The SMILES string of the molecule is CC(O)(CN)Cc1nc(Cc2cc(F)cc(F)c2)no1. The van der Waals surface area contributed by atoms with Crippen LogP contribution < -0.4 is 5.73 Å². The van der Waals surface area contributed by atoms with Crippen LogP contribution in [0.3, 0.4) is 0 Å². The first-order valence-electron chi connectivity index (χ1n) is 6.07. The molecule has 1 atom stereocenters. The molecule has 1 heterocycles. The lowest BCUT2D eigenvalue weighted by Crippen LogP contribution is -2.36. The molecular formula is C13H15F2N3O2. The van der Waals surface area contributed by atoms with Gasteiger partial charge in [-0.1, -0.05) is 5.16 Å². The van der Waals surface area contributed by atoms with Crippen LogP contribution in [0.2, 0.25) is 0 Å². The van der Waals surface area contributed by atoms with E-state index in [4.69, 9.17) is 10.3 Å². The zero-order valence-electron chi connectivity index (χ0n) is 10.9. The van der Waals surface area contributed by atoms with Crippen LogP contribution in [0.4, 0.5) is 8.78 Å². The lowest BCUT2D eigenvalue weighted by molar-refractivity contribution is 0.0610. The molecular weight excluding hydrogens is 268 g/mol. The van der Waals surface area contributed by atoms with Crippen molar-refractivity contribution in [2.45, 2.75) is 25.4 Å². The van der Waals surface area contributed by atoms with Crippen LogP contribution in [0.25, 0.3) is 0 Å². The molecule has 2 rings (SSSR count). The van der Waals surface area contributed by atoms with Gasteiger partial charge >= 0.3 is 0 Å². The smallest absolute Gasteiger partial charge is 0.229 e. The largest absolute Gasteiger partial charge is 0.388 e. The predicted octanol–water partition coefficient (Wildman–Crippen LogP) is 1.19. The fourth-order valence-corrected chi connectivity index (χ4v) is 1.73. The average molecular weight is 283 g/mol. The number of aromatic nitrogens is 2. The summed E-state index contributed by atoms with van der Waals surface area (Å²) in [6.45, 7) is 1.61.